The number of halogens is 2. The van der Waals surface area contributed by atoms with Crippen molar-refractivity contribution in [2.45, 2.75) is 32.1 Å². The molecule has 2 aromatic rings. The summed E-state index contributed by atoms with van der Waals surface area (Å²) >= 11 is 0. The van der Waals surface area contributed by atoms with Gasteiger partial charge in [0.15, 0.2) is 0 Å². The summed E-state index contributed by atoms with van der Waals surface area (Å²) in [4.78, 5) is 0. The van der Waals surface area contributed by atoms with E-state index in [0.29, 0.717) is 6.54 Å². The molecule has 0 heterocycles. The molecule has 0 bridgehead atoms. The minimum atomic E-state index is -0.671. The highest BCUT2D eigenvalue weighted by Crippen LogP contribution is 2.22. The molecule has 0 aliphatic rings. The lowest BCUT2D eigenvalue weighted by molar-refractivity contribution is 0.00580. The summed E-state index contributed by atoms with van der Waals surface area (Å²) in [7, 11) is 0. The van der Waals surface area contributed by atoms with E-state index in [4.69, 9.17) is 4.74 Å². The Kier molecular flexibility index (Phi) is 6.85. The Labute approximate surface area is 141 Å². The minimum Gasteiger partial charge on any atom is -0.389 e. The van der Waals surface area contributed by atoms with Crippen LogP contribution in [0.25, 0.3) is 0 Å². The SMILES string of the molecule is CC(C)OCC(O)CNC(c1ccc(F)cc1)c1ccc(F)cc1. The van der Waals surface area contributed by atoms with E-state index in [9.17, 15) is 13.9 Å². The third kappa shape index (κ3) is 5.67. The Bertz CT molecular complexity index is 569. The van der Waals surface area contributed by atoms with Gasteiger partial charge >= 0.3 is 0 Å². The molecule has 3 nitrogen and oxygen atoms in total. The lowest BCUT2D eigenvalue weighted by atomic mass is 9.98. The second-order valence-electron chi connectivity index (χ2n) is 5.98. The van der Waals surface area contributed by atoms with Gasteiger partial charge in [-0.2, -0.15) is 0 Å². The molecule has 0 fully saturated rings. The van der Waals surface area contributed by atoms with Gasteiger partial charge in [-0.25, -0.2) is 8.78 Å². The Balaban J connectivity index is 2.11. The van der Waals surface area contributed by atoms with Gasteiger partial charge in [-0.3, -0.25) is 0 Å². The Hall–Kier alpha value is -1.82. The predicted octanol–water partition coefficient (Wildman–Crippen LogP) is 3.43. The first-order chi connectivity index (χ1) is 11.5. The third-order valence-corrected chi connectivity index (χ3v) is 3.59. The highest BCUT2D eigenvalue weighted by atomic mass is 19.1. The van der Waals surface area contributed by atoms with E-state index < -0.39 is 6.10 Å². The van der Waals surface area contributed by atoms with Crippen LogP contribution < -0.4 is 5.32 Å². The minimum absolute atomic E-state index is 0.0460. The molecule has 5 heteroatoms. The molecule has 0 saturated heterocycles. The van der Waals surface area contributed by atoms with Crippen LogP contribution in [0.3, 0.4) is 0 Å². The molecule has 2 N–H and O–H groups in total. The van der Waals surface area contributed by atoms with Crippen LogP contribution in [0.2, 0.25) is 0 Å². The molecule has 0 amide bonds. The molecule has 0 aromatic heterocycles. The Morgan fingerprint density at radius 3 is 1.79 bits per heavy atom. The zero-order valence-corrected chi connectivity index (χ0v) is 13.9. The zero-order chi connectivity index (χ0) is 17.5. The number of hydrogen-bond donors (Lipinski definition) is 2. The number of nitrogens with one attached hydrogen (secondary N) is 1. The molecule has 1 atom stereocenters. The number of ether oxygens (including phenoxy) is 1. The first-order valence-corrected chi connectivity index (χ1v) is 7.99. The summed E-state index contributed by atoms with van der Waals surface area (Å²) in [5.41, 5.74) is 1.67. The van der Waals surface area contributed by atoms with E-state index in [2.05, 4.69) is 5.32 Å². The van der Waals surface area contributed by atoms with E-state index >= 15 is 0 Å². The molecule has 0 spiro atoms. The van der Waals surface area contributed by atoms with E-state index in [0.717, 1.165) is 11.1 Å². The molecular formula is C19H23F2NO2. The van der Waals surface area contributed by atoms with Gasteiger partial charge < -0.3 is 15.2 Å². The molecule has 130 valence electrons. The van der Waals surface area contributed by atoms with Gasteiger partial charge in [0.1, 0.15) is 11.6 Å². The second-order valence-corrected chi connectivity index (χ2v) is 5.98. The average Bonchev–Trinajstić information content (AvgIpc) is 2.56. The van der Waals surface area contributed by atoms with Crippen molar-refractivity contribution in [2.24, 2.45) is 0 Å². The van der Waals surface area contributed by atoms with Gasteiger partial charge in [-0.05, 0) is 49.2 Å². The molecule has 2 aromatic carbocycles. The normalized spacial score (nSPS) is 12.8. The number of hydrogen-bond acceptors (Lipinski definition) is 3. The number of rotatable bonds is 8. The Morgan fingerprint density at radius 1 is 0.917 bits per heavy atom. The summed E-state index contributed by atoms with van der Waals surface area (Å²) in [6.07, 6.45) is -0.625. The van der Waals surface area contributed by atoms with E-state index in [-0.39, 0.29) is 30.4 Å². The van der Waals surface area contributed by atoms with Gasteiger partial charge in [0.05, 0.1) is 24.9 Å². The fourth-order valence-electron chi connectivity index (χ4n) is 2.35. The fraction of sp³-hybridized carbons (Fsp3) is 0.368. The summed E-state index contributed by atoms with van der Waals surface area (Å²) in [5.74, 6) is -0.635. The van der Waals surface area contributed by atoms with Crippen LogP contribution in [0.5, 0.6) is 0 Å². The van der Waals surface area contributed by atoms with Crippen molar-refractivity contribution in [3.63, 3.8) is 0 Å². The maximum atomic E-state index is 13.2. The lowest BCUT2D eigenvalue weighted by Gasteiger charge is -2.22. The summed E-state index contributed by atoms with van der Waals surface area (Å²) in [6, 6.07) is 11.9. The maximum absolute atomic E-state index is 13.2. The van der Waals surface area contributed by atoms with Crippen LogP contribution in [-0.2, 0) is 4.74 Å². The third-order valence-electron chi connectivity index (χ3n) is 3.59. The highest BCUT2D eigenvalue weighted by molar-refractivity contribution is 5.32. The molecule has 0 radical (unpaired) electrons. The van der Waals surface area contributed by atoms with Crippen LogP contribution in [0.1, 0.15) is 31.0 Å². The van der Waals surface area contributed by atoms with E-state index in [1.165, 1.54) is 24.3 Å². The van der Waals surface area contributed by atoms with Gasteiger partial charge in [-0.15, -0.1) is 0 Å². The Morgan fingerprint density at radius 2 is 1.38 bits per heavy atom. The fourth-order valence-corrected chi connectivity index (χ4v) is 2.35. The van der Waals surface area contributed by atoms with Crippen LogP contribution >= 0.6 is 0 Å². The monoisotopic (exact) mass is 335 g/mol. The number of benzene rings is 2. The second kappa shape index (κ2) is 8.87. The summed E-state index contributed by atoms with van der Waals surface area (Å²) in [5, 5.41) is 13.3. The zero-order valence-electron chi connectivity index (χ0n) is 13.9. The molecule has 0 aliphatic carbocycles. The van der Waals surface area contributed by atoms with Crippen LogP contribution in [0.15, 0.2) is 48.5 Å². The van der Waals surface area contributed by atoms with Crippen LogP contribution in [0.4, 0.5) is 8.78 Å². The molecule has 2 rings (SSSR count). The maximum Gasteiger partial charge on any atom is 0.123 e. The van der Waals surface area contributed by atoms with Crippen molar-refractivity contribution >= 4 is 0 Å². The first-order valence-electron chi connectivity index (χ1n) is 7.99. The molecular weight excluding hydrogens is 312 g/mol. The van der Waals surface area contributed by atoms with Crippen LogP contribution in [-0.4, -0.2) is 30.5 Å². The van der Waals surface area contributed by atoms with Crippen LogP contribution in [0, 0.1) is 11.6 Å². The van der Waals surface area contributed by atoms with Gasteiger partial charge in [-0.1, -0.05) is 24.3 Å². The van der Waals surface area contributed by atoms with Crippen molar-refractivity contribution in [1.29, 1.82) is 0 Å². The molecule has 0 aliphatic heterocycles. The largest absolute Gasteiger partial charge is 0.389 e. The standard InChI is InChI=1S/C19H23F2NO2/c1-13(2)24-12-18(23)11-22-19(14-3-7-16(20)8-4-14)15-5-9-17(21)10-6-15/h3-10,13,18-19,22-23H,11-12H2,1-2H3. The molecule has 0 saturated carbocycles. The van der Waals surface area contributed by atoms with Gasteiger partial charge in [0.25, 0.3) is 0 Å². The predicted molar refractivity (Wildman–Crippen MR) is 89.7 cm³/mol. The quantitative estimate of drug-likeness (QED) is 0.777. The van der Waals surface area contributed by atoms with E-state index in [1.54, 1.807) is 24.3 Å². The van der Waals surface area contributed by atoms with Crippen molar-refractivity contribution in [3.05, 3.63) is 71.3 Å². The first kappa shape index (κ1) is 18.5. The molecule has 24 heavy (non-hydrogen) atoms. The van der Waals surface area contributed by atoms with Crippen molar-refractivity contribution < 1.29 is 18.6 Å². The topological polar surface area (TPSA) is 41.5 Å². The highest BCUT2D eigenvalue weighted by Gasteiger charge is 2.16. The number of aliphatic hydroxyl groups is 1. The number of aliphatic hydroxyl groups excluding tert-OH is 1. The van der Waals surface area contributed by atoms with Crippen molar-refractivity contribution in [3.8, 4) is 0 Å². The summed E-state index contributed by atoms with van der Waals surface area (Å²) < 4.78 is 31.7. The van der Waals surface area contributed by atoms with Crippen molar-refractivity contribution in [1.82, 2.24) is 5.32 Å². The summed E-state index contributed by atoms with van der Waals surface area (Å²) in [6.45, 7) is 4.33. The van der Waals surface area contributed by atoms with Crippen molar-refractivity contribution in [2.75, 3.05) is 13.2 Å². The lowest BCUT2D eigenvalue weighted by Crippen LogP contribution is -2.34. The molecule has 1 unspecified atom stereocenters. The van der Waals surface area contributed by atoms with E-state index in [1.807, 2.05) is 13.8 Å². The smallest absolute Gasteiger partial charge is 0.123 e. The average molecular weight is 335 g/mol. The van der Waals surface area contributed by atoms with Gasteiger partial charge in [0.2, 0.25) is 0 Å². The van der Waals surface area contributed by atoms with Gasteiger partial charge in [0, 0.05) is 6.54 Å².